The van der Waals surface area contributed by atoms with Gasteiger partial charge in [0.05, 0.1) is 6.54 Å². The topological polar surface area (TPSA) is 67.4 Å². The van der Waals surface area contributed by atoms with Gasteiger partial charge >= 0.3 is 0 Å². The molecule has 3 aromatic rings. The minimum atomic E-state index is -0.339. The predicted octanol–water partition coefficient (Wildman–Crippen LogP) is 4.50. The normalized spacial score (nSPS) is 10.1. The fourth-order valence-electron chi connectivity index (χ4n) is 2.30. The first kappa shape index (κ1) is 18.5. The molecule has 0 bridgehead atoms. The van der Waals surface area contributed by atoms with Gasteiger partial charge in [-0.05, 0) is 60.7 Å². The third-order valence-corrected chi connectivity index (χ3v) is 3.88. The second-order valence-corrected chi connectivity index (χ2v) is 6.11. The molecule has 3 rings (SSSR count). The first-order valence-electron chi connectivity index (χ1n) is 8.27. The molecule has 0 heterocycles. The predicted molar refractivity (Wildman–Crippen MR) is 105 cm³/mol. The molecule has 0 atom stereocenters. The van der Waals surface area contributed by atoms with E-state index in [1.54, 1.807) is 48.5 Å². The number of amides is 2. The summed E-state index contributed by atoms with van der Waals surface area (Å²) >= 11 is 5.79. The van der Waals surface area contributed by atoms with Gasteiger partial charge in [-0.15, -0.1) is 0 Å². The average molecular weight is 381 g/mol. The van der Waals surface area contributed by atoms with Crippen molar-refractivity contribution in [1.82, 2.24) is 5.32 Å². The number of benzene rings is 3. The van der Waals surface area contributed by atoms with E-state index in [4.69, 9.17) is 16.3 Å². The third kappa shape index (κ3) is 5.59. The van der Waals surface area contributed by atoms with Gasteiger partial charge in [-0.2, -0.15) is 0 Å². The molecular formula is C21H17ClN2O3. The molecule has 0 saturated heterocycles. The largest absolute Gasteiger partial charge is 0.457 e. The number of carbonyl (C=O) groups is 2. The van der Waals surface area contributed by atoms with Crippen molar-refractivity contribution in [1.29, 1.82) is 0 Å². The number of anilines is 1. The van der Waals surface area contributed by atoms with Crippen molar-refractivity contribution in [2.24, 2.45) is 0 Å². The van der Waals surface area contributed by atoms with Crippen molar-refractivity contribution in [3.63, 3.8) is 0 Å². The van der Waals surface area contributed by atoms with E-state index in [9.17, 15) is 9.59 Å². The van der Waals surface area contributed by atoms with E-state index in [2.05, 4.69) is 10.6 Å². The lowest BCUT2D eigenvalue weighted by molar-refractivity contribution is -0.115. The summed E-state index contributed by atoms with van der Waals surface area (Å²) in [5.41, 5.74) is 1.05. The summed E-state index contributed by atoms with van der Waals surface area (Å²) < 4.78 is 5.70. The zero-order valence-electron chi connectivity index (χ0n) is 14.3. The minimum absolute atomic E-state index is 0.135. The SMILES string of the molecule is O=C(CNC(=O)c1ccc(Cl)cc1)Nc1ccc(Oc2ccccc2)cc1. The third-order valence-electron chi connectivity index (χ3n) is 3.63. The summed E-state index contributed by atoms with van der Waals surface area (Å²) in [6.45, 7) is -0.135. The summed E-state index contributed by atoms with van der Waals surface area (Å²) in [4.78, 5) is 24.0. The van der Waals surface area contributed by atoms with Crippen LogP contribution < -0.4 is 15.4 Å². The van der Waals surface area contributed by atoms with E-state index in [1.807, 2.05) is 30.3 Å². The molecule has 0 unspecified atom stereocenters. The van der Waals surface area contributed by atoms with Gasteiger partial charge in [-0.1, -0.05) is 29.8 Å². The van der Waals surface area contributed by atoms with E-state index in [0.717, 1.165) is 5.75 Å². The van der Waals surface area contributed by atoms with E-state index >= 15 is 0 Å². The molecule has 0 aliphatic heterocycles. The Morgan fingerprint density at radius 1 is 0.815 bits per heavy atom. The highest BCUT2D eigenvalue weighted by Crippen LogP contribution is 2.22. The maximum atomic E-state index is 12.0. The van der Waals surface area contributed by atoms with Gasteiger partial charge in [0.1, 0.15) is 11.5 Å². The molecule has 3 aromatic carbocycles. The maximum Gasteiger partial charge on any atom is 0.251 e. The molecule has 6 heteroatoms. The second-order valence-electron chi connectivity index (χ2n) is 5.68. The molecule has 0 aliphatic rings. The summed E-state index contributed by atoms with van der Waals surface area (Å²) in [5, 5.41) is 5.83. The van der Waals surface area contributed by atoms with Crippen LogP contribution in [0.1, 0.15) is 10.4 Å². The van der Waals surface area contributed by atoms with Crippen molar-refractivity contribution in [2.45, 2.75) is 0 Å². The smallest absolute Gasteiger partial charge is 0.251 e. The molecule has 27 heavy (non-hydrogen) atoms. The Hall–Kier alpha value is -3.31. The Bertz CT molecular complexity index is 910. The zero-order chi connectivity index (χ0) is 19.1. The number of carbonyl (C=O) groups excluding carboxylic acids is 2. The van der Waals surface area contributed by atoms with Gasteiger partial charge < -0.3 is 15.4 Å². The minimum Gasteiger partial charge on any atom is -0.457 e. The van der Waals surface area contributed by atoms with Crippen molar-refractivity contribution in [3.8, 4) is 11.5 Å². The van der Waals surface area contributed by atoms with Crippen molar-refractivity contribution < 1.29 is 14.3 Å². The number of rotatable bonds is 6. The number of ether oxygens (including phenoxy) is 1. The Balaban J connectivity index is 1.49. The van der Waals surface area contributed by atoms with Crippen LogP contribution in [0, 0.1) is 0 Å². The number of hydrogen-bond donors (Lipinski definition) is 2. The Labute approximate surface area is 161 Å². The van der Waals surface area contributed by atoms with Gasteiger partial charge in [0, 0.05) is 16.3 Å². The van der Waals surface area contributed by atoms with E-state index < -0.39 is 0 Å². The van der Waals surface area contributed by atoms with Crippen LogP contribution in [0.3, 0.4) is 0 Å². The van der Waals surface area contributed by atoms with Crippen LogP contribution in [0.25, 0.3) is 0 Å². The van der Waals surface area contributed by atoms with Crippen molar-refractivity contribution >= 4 is 29.1 Å². The van der Waals surface area contributed by atoms with E-state index in [0.29, 0.717) is 22.0 Å². The highest BCUT2D eigenvalue weighted by Gasteiger charge is 2.08. The average Bonchev–Trinajstić information content (AvgIpc) is 2.69. The Morgan fingerprint density at radius 2 is 1.44 bits per heavy atom. The Morgan fingerprint density at radius 3 is 2.11 bits per heavy atom. The van der Waals surface area contributed by atoms with Crippen LogP contribution in [0.15, 0.2) is 78.9 Å². The quantitative estimate of drug-likeness (QED) is 0.661. The summed E-state index contributed by atoms with van der Waals surface area (Å²) in [5.74, 6) is 0.733. The lowest BCUT2D eigenvalue weighted by atomic mass is 10.2. The van der Waals surface area contributed by atoms with Crippen LogP contribution in [-0.4, -0.2) is 18.4 Å². The molecule has 0 saturated carbocycles. The molecule has 5 nitrogen and oxygen atoms in total. The number of hydrogen-bond acceptors (Lipinski definition) is 3. The standard InChI is InChI=1S/C21H17ClN2O3/c22-16-8-6-15(7-9-16)21(26)23-14-20(25)24-17-10-12-19(13-11-17)27-18-4-2-1-3-5-18/h1-13H,14H2,(H,23,26)(H,24,25). The van der Waals surface area contributed by atoms with Gasteiger partial charge in [-0.3, -0.25) is 9.59 Å². The van der Waals surface area contributed by atoms with Crippen LogP contribution in [0.5, 0.6) is 11.5 Å². The van der Waals surface area contributed by atoms with Gasteiger partial charge in [0.15, 0.2) is 0 Å². The highest BCUT2D eigenvalue weighted by molar-refractivity contribution is 6.30. The molecule has 0 fully saturated rings. The summed E-state index contributed by atoms with van der Waals surface area (Å²) in [6, 6.07) is 22.8. The van der Waals surface area contributed by atoms with Crippen molar-refractivity contribution in [3.05, 3.63) is 89.4 Å². The molecule has 0 radical (unpaired) electrons. The fraction of sp³-hybridized carbons (Fsp3) is 0.0476. The first-order valence-corrected chi connectivity index (χ1v) is 8.64. The molecular weight excluding hydrogens is 364 g/mol. The van der Waals surface area contributed by atoms with E-state index in [-0.39, 0.29) is 18.4 Å². The fourth-order valence-corrected chi connectivity index (χ4v) is 2.43. The van der Waals surface area contributed by atoms with Crippen LogP contribution >= 0.6 is 11.6 Å². The van der Waals surface area contributed by atoms with Crippen LogP contribution in [-0.2, 0) is 4.79 Å². The van der Waals surface area contributed by atoms with Gasteiger partial charge in [-0.25, -0.2) is 0 Å². The lowest BCUT2D eigenvalue weighted by Crippen LogP contribution is -2.32. The van der Waals surface area contributed by atoms with E-state index in [1.165, 1.54) is 0 Å². The Kier molecular flexibility index (Phi) is 6.07. The lowest BCUT2D eigenvalue weighted by Gasteiger charge is -2.09. The monoisotopic (exact) mass is 380 g/mol. The van der Waals surface area contributed by atoms with Gasteiger partial charge in [0.2, 0.25) is 5.91 Å². The maximum absolute atomic E-state index is 12.0. The molecule has 2 amide bonds. The number of para-hydroxylation sites is 1. The molecule has 2 N–H and O–H groups in total. The number of halogens is 1. The van der Waals surface area contributed by atoms with Crippen LogP contribution in [0.2, 0.25) is 5.02 Å². The zero-order valence-corrected chi connectivity index (χ0v) is 15.1. The van der Waals surface area contributed by atoms with Crippen molar-refractivity contribution in [2.75, 3.05) is 11.9 Å². The first-order chi connectivity index (χ1) is 13.1. The molecule has 0 aromatic heterocycles. The molecule has 0 aliphatic carbocycles. The molecule has 0 spiro atoms. The van der Waals surface area contributed by atoms with Gasteiger partial charge in [0.25, 0.3) is 5.91 Å². The summed E-state index contributed by atoms with van der Waals surface area (Å²) in [6.07, 6.45) is 0. The summed E-state index contributed by atoms with van der Waals surface area (Å²) in [7, 11) is 0. The highest BCUT2D eigenvalue weighted by atomic mass is 35.5. The second kappa shape index (κ2) is 8.87. The van der Waals surface area contributed by atoms with Crippen LogP contribution in [0.4, 0.5) is 5.69 Å². The molecule has 136 valence electrons. The number of nitrogens with one attached hydrogen (secondary N) is 2.